The molecule has 1 aromatic carbocycles. The number of aromatic nitrogens is 1. The maximum Gasteiger partial charge on any atom is 0.330 e. The van der Waals surface area contributed by atoms with Crippen LogP contribution in [-0.2, 0) is 9.53 Å². The number of anilines is 1. The summed E-state index contributed by atoms with van der Waals surface area (Å²) >= 11 is 5.91. The molecular weight excluding hydrogens is 402 g/mol. The SMILES string of the molecule is CCOC(=O)/C=C/c1ccc(N(C)C2CCN(C(=O)c3ccc(Cl)cc3)CC2)nc1. The number of hydrogen-bond donors (Lipinski definition) is 0. The number of nitrogens with zero attached hydrogens (tertiary/aromatic N) is 3. The number of carbonyl (C=O) groups excluding carboxylic acids is 2. The number of rotatable bonds is 6. The molecule has 0 saturated carbocycles. The first-order valence-corrected chi connectivity index (χ1v) is 10.4. The third kappa shape index (κ3) is 5.60. The van der Waals surface area contributed by atoms with Crippen molar-refractivity contribution in [2.24, 2.45) is 0 Å². The first kappa shape index (κ1) is 21.8. The highest BCUT2D eigenvalue weighted by atomic mass is 35.5. The van der Waals surface area contributed by atoms with Gasteiger partial charge in [-0.05, 0) is 67.8 Å². The summed E-state index contributed by atoms with van der Waals surface area (Å²) in [7, 11) is 2.03. The van der Waals surface area contributed by atoms with E-state index in [2.05, 4.69) is 9.88 Å². The van der Waals surface area contributed by atoms with Gasteiger partial charge >= 0.3 is 5.97 Å². The summed E-state index contributed by atoms with van der Waals surface area (Å²) in [5.74, 6) is 0.549. The Labute approximate surface area is 182 Å². The number of ether oxygens (including phenoxy) is 1. The smallest absolute Gasteiger partial charge is 0.330 e. The number of hydrogen-bond acceptors (Lipinski definition) is 5. The number of carbonyl (C=O) groups is 2. The lowest BCUT2D eigenvalue weighted by Crippen LogP contribution is -2.45. The molecule has 0 N–H and O–H groups in total. The molecule has 0 aliphatic carbocycles. The predicted octanol–water partition coefficient (Wildman–Crippen LogP) is 4.05. The molecule has 6 nitrogen and oxygen atoms in total. The maximum atomic E-state index is 12.7. The minimum Gasteiger partial charge on any atom is -0.463 e. The van der Waals surface area contributed by atoms with Crippen LogP contribution in [0.2, 0.25) is 5.02 Å². The number of pyridine rings is 1. The zero-order chi connectivity index (χ0) is 21.5. The van der Waals surface area contributed by atoms with E-state index in [0.717, 1.165) is 24.2 Å². The van der Waals surface area contributed by atoms with Gasteiger partial charge in [-0.2, -0.15) is 0 Å². The Bertz CT molecular complexity index is 889. The fourth-order valence-electron chi connectivity index (χ4n) is 3.48. The Balaban J connectivity index is 1.54. The number of likely N-dealkylation sites (tertiary alicyclic amines) is 1. The highest BCUT2D eigenvalue weighted by molar-refractivity contribution is 6.30. The van der Waals surface area contributed by atoms with Gasteiger partial charge in [0.15, 0.2) is 0 Å². The van der Waals surface area contributed by atoms with E-state index in [9.17, 15) is 9.59 Å². The molecule has 2 aromatic rings. The van der Waals surface area contributed by atoms with Gasteiger partial charge in [-0.3, -0.25) is 4.79 Å². The molecule has 0 spiro atoms. The van der Waals surface area contributed by atoms with Crippen LogP contribution in [0.25, 0.3) is 6.08 Å². The summed E-state index contributed by atoms with van der Waals surface area (Å²) in [6.07, 6.45) is 6.58. The molecule has 30 heavy (non-hydrogen) atoms. The van der Waals surface area contributed by atoms with Crippen molar-refractivity contribution in [3.05, 3.63) is 64.8 Å². The number of piperidine rings is 1. The molecule has 0 radical (unpaired) electrons. The average molecular weight is 428 g/mol. The van der Waals surface area contributed by atoms with E-state index >= 15 is 0 Å². The van der Waals surface area contributed by atoms with Gasteiger partial charge in [0.05, 0.1) is 6.61 Å². The van der Waals surface area contributed by atoms with E-state index in [0.29, 0.717) is 36.3 Å². The summed E-state index contributed by atoms with van der Waals surface area (Å²) in [4.78, 5) is 32.6. The number of esters is 1. The molecular formula is C23H26ClN3O3. The molecule has 1 amide bonds. The molecule has 0 bridgehead atoms. The molecule has 7 heteroatoms. The van der Waals surface area contributed by atoms with Crippen molar-refractivity contribution in [2.75, 3.05) is 31.6 Å². The molecule has 0 unspecified atom stereocenters. The van der Waals surface area contributed by atoms with Crippen LogP contribution in [0.3, 0.4) is 0 Å². The lowest BCUT2D eigenvalue weighted by molar-refractivity contribution is -0.137. The van der Waals surface area contributed by atoms with Crippen LogP contribution in [0.5, 0.6) is 0 Å². The molecule has 1 saturated heterocycles. The highest BCUT2D eigenvalue weighted by Crippen LogP contribution is 2.22. The van der Waals surface area contributed by atoms with Crippen molar-refractivity contribution in [1.29, 1.82) is 0 Å². The Hall–Kier alpha value is -2.86. The largest absolute Gasteiger partial charge is 0.463 e. The summed E-state index contributed by atoms with van der Waals surface area (Å²) in [5, 5.41) is 0.627. The van der Waals surface area contributed by atoms with E-state index in [-0.39, 0.29) is 11.9 Å². The quantitative estimate of drug-likeness (QED) is 0.514. The van der Waals surface area contributed by atoms with Crippen LogP contribution in [0.1, 0.15) is 35.7 Å². The van der Waals surface area contributed by atoms with E-state index in [4.69, 9.17) is 16.3 Å². The Morgan fingerprint density at radius 2 is 1.90 bits per heavy atom. The van der Waals surface area contributed by atoms with E-state index in [1.165, 1.54) is 6.08 Å². The van der Waals surface area contributed by atoms with Crippen LogP contribution in [-0.4, -0.2) is 54.5 Å². The van der Waals surface area contributed by atoms with Gasteiger partial charge in [-0.15, -0.1) is 0 Å². The standard InChI is InChI=1S/C23H26ClN3O3/c1-3-30-22(28)11-5-17-4-10-21(25-16-17)26(2)20-12-14-27(15-13-20)23(29)18-6-8-19(24)9-7-18/h4-11,16,20H,3,12-15H2,1-2H3/b11-5+. The Kier molecular flexibility index (Phi) is 7.46. The van der Waals surface area contributed by atoms with E-state index < -0.39 is 0 Å². The van der Waals surface area contributed by atoms with Crippen LogP contribution in [0, 0.1) is 0 Å². The first-order valence-electron chi connectivity index (χ1n) is 10.1. The fraction of sp³-hybridized carbons (Fsp3) is 0.348. The molecule has 3 rings (SSSR count). The summed E-state index contributed by atoms with van der Waals surface area (Å²) in [6.45, 7) is 3.54. The van der Waals surface area contributed by atoms with Crippen molar-refractivity contribution in [3.63, 3.8) is 0 Å². The summed E-state index contributed by atoms with van der Waals surface area (Å²) < 4.78 is 4.88. The highest BCUT2D eigenvalue weighted by Gasteiger charge is 2.26. The van der Waals surface area contributed by atoms with Crippen molar-refractivity contribution in [1.82, 2.24) is 9.88 Å². The van der Waals surface area contributed by atoms with Crippen molar-refractivity contribution >= 4 is 35.4 Å². The second kappa shape index (κ2) is 10.3. The molecule has 1 aromatic heterocycles. The summed E-state index contributed by atoms with van der Waals surface area (Å²) in [6, 6.07) is 11.2. The normalized spacial score (nSPS) is 14.7. The second-order valence-corrected chi connectivity index (χ2v) is 7.61. The van der Waals surface area contributed by atoms with Gasteiger partial charge in [0.25, 0.3) is 5.91 Å². The van der Waals surface area contributed by atoms with Gasteiger partial charge in [0, 0.05) is 49.0 Å². The lowest BCUT2D eigenvalue weighted by atomic mass is 10.0. The number of benzene rings is 1. The van der Waals surface area contributed by atoms with Crippen LogP contribution in [0.15, 0.2) is 48.7 Å². The zero-order valence-corrected chi connectivity index (χ0v) is 18.0. The van der Waals surface area contributed by atoms with Crippen LogP contribution in [0.4, 0.5) is 5.82 Å². The summed E-state index contributed by atoms with van der Waals surface area (Å²) in [5.41, 5.74) is 1.50. The zero-order valence-electron chi connectivity index (χ0n) is 17.3. The Morgan fingerprint density at radius 1 is 1.20 bits per heavy atom. The monoisotopic (exact) mass is 427 g/mol. The van der Waals surface area contributed by atoms with Crippen molar-refractivity contribution in [2.45, 2.75) is 25.8 Å². The Morgan fingerprint density at radius 3 is 2.50 bits per heavy atom. The number of amides is 1. The first-order chi connectivity index (χ1) is 14.5. The maximum absolute atomic E-state index is 12.7. The molecule has 158 valence electrons. The van der Waals surface area contributed by atoms with Gasteiger partial charge in [-0.1, -0.05) is 11.6 Å². The van der Waals surface area contributed by atoms with Gasteiger partial charge < -0.3 is 14.5 Å². The van der Waals surface area contributed by atoms with Gasteiger partial charge in [0.1, 0.15) is 5.82 Å². The average Bonchev–Trinajstić information content (AvgIpc) is 2.78. The van der Waals surface area contributed by atoms with E-state index in [1.54, 1.807) is 43.5 Å². The fourth-order valence-corrected chi connectivity index (χ4v) is 3.60. The predicted molar refractivity (Wildman–Crippen MR) is 119 cm³/mol. The number of halogens is 1. The van der Waals surface area contributed by atoms with Gasteiger partial charge in [0.2, 0.25) is 0 Å². The minimum absolute atomic E-state index is 0.0450. The second-order valence-electron chi connectivity index (χ2n) is 7.18. The molecule has 0 atom stereocenters. The molecule has 1 aliphatic rings. The van der Waals surface area contributed by atoms with Crippen molar-refractivity contribution < 1.29 is 14.3 Å². The third-order valence-corrected chi connectivity index (χ3v) is 5.47. The third-order valence-electron chi connectivity index (χ3n) is 5.22. The van der Waals surface area contributed by atoms with Crippen LogP contribution >= 0.6 is 11.6 Å². The minimum atomic E-state index is -0.362. The lowest BCUT2D eigenvalue weighted by Gasteiger charge is -2.37. The van der Waals surface area contributed by atoms with E-state index in [1.807, 2.05) is 24.1 Å². The molecule has 1 fully saturated rings. The molecule has 2 heterocycles. The molecule has 1 aliphatic heterocycles. The van der Waals surface area contributed by atoms with Crippen molar-refractivity contribution in [3.8, 4) is 0 Å². The topological polar surface area (TPSA) is 62.7 Å². The van der Waals surface area contributed by atoms with Gasteiger partial charge in [-0.25, -0.2) is 9.78 Å². The van der Waals surface area contributed by atoms with Crippen LogP contribution < -0.4 is 4.90 Å².